The lowest BCUT2D eigenvalue weighted by Gasteiger charge is -2.11. The quantitative estimate of drug-likeness (QED) is 0.120. The highest BCUT2D eigenvalue weighted by molar-refractivity contribution is 7.99. The van der Waals surface area contributed by atoms with Crippen molar-refractivity contribution in [3.8, 4) is 0 Å². The van der Waals surface area contributed by atoms with Gasteiger partial charge in [-0.15, -0.1) is 0 Å². The van der Waals surface area contributed by atoms with Crippen LogP contribution in [0.15, 0.2) is 81.7 Å². The van der Waals surface area contributed by atoms with Crippen LogP contribution in [-0.4, -0.2) is 17.5 Å². The summed E-state index contributed by atoms with van der Waals surface area (Å²) in [5.74, 6) is -0.702. The number of hydrogen-bond donors (Lipinski definition) is 0. The maximum atomic E-state index is 13.0. The fraction of sp³-hybridized carbons (Fsp3) is 0.300. The molecular formula is C30H33NO3S. The van der Waals surface area contributed by atoms with Gasteiger partial charge in [0.25, 0.3) is 0 Å². The van der Waals surface area contributed by atoms with Gasteiger partial charge in [0.05, 0.1) is 5.56 Å². The number of benzene rings is 3. The molecule has 0 bridgehead atoms. The number of nitrogens with zero attached hydrogens (tertiary/aromatic N) is 1. The number of ketones is 1. The standard InChI is InChI=1S/C30H33NO3S/c1-5-6-7-11-14-27(32)28(31-34-30(33)25-12-9-8-10-13-25)24-15-17-26(18-16-24)35-29-22(3)19-21(2)20-23(29)4/h8-10,12-13,15-20H,5-7,11,14H2,1-4H3. The Kier molecular flexibility index (Phi) is 9.86. The summed E-state index contributed by atoms with van der Waals surface area (Å²) >= 11 is 1.70. The molecule has 0 saturated carbocycles. The first-order valence-corrected chi connectivity index (χ1v) is 12.9. The Balaban J connectivity index is 1.81. The van der Waals surface area contributed by atoms with Crippen LogP contribution in [-0.2, 0) is 9.63 Å². The summed E-state index contributed by atoms with van der Waals surface area (Å²) in [7, 11) is 0. The van der Waals surface area contributed by atoms with Crippen LogP contribution in [0.25, 0.3) is 0 Å². The minimum atomic E-state index is -0.584. The molecule has 3 aromatic carbocycles. The van der Waals surface area contributed by atoms with Crippen LogP contribution in [0.4, 0.5) is 0 Å². The molecule has 0 aromatic heterocycles. The molecule has 0 radical (unpaired) electrons. The maximum Gasteiger partial charge on any atom is 0.365 e. The van der Waals surface area contributed by atoms with Crippen LogP contribution >= 0.6 is 11.8 Å². The highest BCUT2D eigenvalue weighted by Crippen LogP contribution is 2.33. The van der Waals surface area contributed by atoms with Crippen LogP contribution < -0.4 is 0 Å². The van der Waals surface area contributed by atoms with Crippen molar-refractivity contribution in [1.29, 1.82) is 0 Å². The third-order valence-electron chi connectivity index (χ3n) is 5.70. The van der Waals surface area contributed by atoms with Crippen molar-refractivity contribution in [2.45, 2.75) is 69.6 Å². The number of unbranched alkanes of at least 4 members (excludes halogenated alkanes) is 3. The summed E-state index contributed by atoms with van der Waals surface area (Å²) in [5.41, 5.74) is 4.96. The molecule has 3 rings (SSSR count). The topological polar surface area (TPSA) is 55.7 Å². The number of Topliss-reactive ketones (excluding diaryl/α,β-unsaturated/α-hetero) is 1. The average Bonchev–Trinajstić information content (AvgIpc) is 2.85. The molecule has 0 N–H and O–H groups in total. The third kappa shape index (κ3) is 7.66. The highest BCUT2D eigenvalue weighted by Gasteiger charge is 2.17. The predicted octanol–water partition coefficient (Wildman–Crippen LogP) is 7.86. The Bertz CT molecular complexity index is 1160. The molecule has 0 amide bonds. The summed E-state index contributed by atoms with van der Waals surface area (Å²) in [6, 6.07) is 20.7. The van der Waals surface area contributed by atoms with Gasteiger partial charge in [0.15, 0.2) is 11.5 Å². The van der Waals surface area contributed by atoms with Crippen molar-refractivity contribution in [3.05, 3.63) is 94.5 Å². The highest BCUT2D eigenvalue weighted by atomic mass is 32.2. The van der Waals surface area contributed by atoms with Crippen molar-refractivity contribution in [1.82, 2.24) is 0 Å². The van der Waals surface area contributed by atoms with Crippen molar-refractivity contribution in [2.24, 2.45) is 5.16 Å². The molecule has 0 unspecified atom stereocenters. The van der Waals surface area contributed by atoms with Crippen LogP contribution in [0.2, 0.25) is 0 Å². The summed E-state index contributed by atoms with van der Waals surface area (Å²) in [5, 5.41) is 4.03. The summed E-state index contributed by atoms with van der Waals surface area (Å²) < 4.78 is 0. The van der Waals surface area contributed by atoms with Crippen molar-refractivity contribution in [2.75, 3.05) is 0 Å². The summed E-state index contributed by atoms with van der Waals surface area (Å²) in [6.07, 6.45) is 4.35. The number of hydrogen-bond acceptors (Lipinski definition) is 5. The van der Waals surface area contributed by atoms with Crippen LogP contribution in [0, 0.1) is 20.8 Å². The van der Waals surface area contributed by atoms with Gasteiger partial charge in [-0.2, -0.15) is 0 Å². The molecule has 0 heterocycles. The Morgan fingerprint density at radius 2 is 1.49 bits per heavy atom. The zero-order chi connectivity index (χ0) is 25.2. The molecule has 0 fully saturated rings. The van der Waals surface area contributed by atoms with E-state index >= 15 is 0 Å². The molecule has 4 nitrogen and oxygen atoms in total. The van der Waals surface area contributed by atoms with Gasteiger partial charge in [-0.05, 0) is 62.6 Å². The second-order valence-electron chi connectivity index (χ2n) is 8.77. The first kappa shape index (κ1) is 26.4. The fourth-order valence-corrected chi connectivity index (χ4v) is 4.88. The molecule has 5 heteroatoms. The van der Waals surface area contributed by atoms with Gasteiger partial charge < -0.3 is 4.84 Å². The molecule has 0 atom stereocenters. The molecule has 0 aliphatic heterocycles. The van der Waals surface area contributed by atoms with E-state index in [2.05, 4.69) is 45.0 Å². The van der Waals surface area contributed by atoms with E-state index in [9.17, 15) is 9.59 Å². The van der Waals surface area contributed by atoms with E-state index in [1.54, 1.807) is 36.0 Å². The Hall–Kier alpha value is -3.18. The van der Waals surface area contributed by atoms with Gasteiger partial charge in [-0.3, -0.25) is 4.79 Å². The zero-order valence-corrected chi connectivity index (χ0v) is 21.8. The maximum absolute atomic E-state index is 13.0. The van der Waals surface area contributed by atoms with Gasteiger partial charge in [0.2, 0.25) is 0 Å². The number of carbonyl (C=O) groups excluding carboxylic acids is 2. The number of oxime groups is 1. The Labute approximate surface area is 212 Å². The second kappa shape index (κ2) is 13.1. The molecule has 0 spiro atoms. The SMILES string of the molecule is CCCCCCC(=O)C(=NOC(=O)c1ccccc1)c1ccc(Sc2c(C)cc(C)cc2C)cc1. The van der Waals surface area contributed by atoms with E-state index < -0.39 is 5.97 Å². The first-order chi connectivity index (χ1) is 16.9. The minimum absolute atomic E-state index is 0.118. The molecular weight excluding hydrogens is 454 g/mol. The summed E-state index contributed by atoms with van der Waals surface area (Å²) in [6.45, 7) is 8.49. The van der Waals surface area contributed by atoms with E-state index in [0.717, 1.165) is 30.6 Å². The number of carbonyl (C=O) groups is 2. The number of rotatable bonds is 11. The lowest BCUT2D eigenvalue weighted by molar-refractivity contribution is -0.113. The third-order valence-corrected chi connectivity index (χ3v) is 7.06. The van der Waals surface area contributed by atoms with Crippen LogP contribution in [0.3, 0.4) is 0 Å². The molecule has 0 aliphatic carbocycles. The second-order valence-corrected chi connectivity index (χ2v) is 9.86. The van der Waals surface area contributed by atoms with Crippen LogP contribution in [0.5, 0.6) is 0 Å². The monoisotopic (exact) mass is 487 g/mol. The normalized spacial score (nSPS) is 11.4. The smallest absolute Gasteiger partial charge is 0.312 e. The van der Waals surface area contributed by atoms with Crippen molar-refractivity contribution >= 4 is 29.2 Å². The molecule has 3 aromatic rings. The van der Waals surface area contributed by atoms with Gasteiger partial charge in [-0.25, -0.2) is 4.79 Å². The predicted molar refractivity (Wildman–Crippen MR) is 143 cm³/mol. The fourth-order valence-electron chi connectivity index (χ4n) is 3.94. The van der Waals surface area contributed by atoms with Crippen molar-refractivity contribution < 1.29 is 14.4 Å². The van der Waals surface area contributed by atoms with Gasteiger partial charge in [0.1, 0.15) is 0 Å². The zero-order valence-electron chi connectivity index (χ0n) is 21.0. The molecule has 0 aliphatic rings. The van der Waals surface area contributed by atoms with Gasteiger partial charge in [0, 0.05) is 21.8 Å². The largest absolute Gasteiger partial charge is 0.365 e. The first-order valence-electron chi connectivity index (χ1n) is 12.1. The Morgan fingerprint density at radius 1 is 0.829 bits per heavy atom. The summed E-state index contributed by atoms with van der Waals surface area (Å²) in [4.78, 5) is 32.9. The Morgan fingerprint density at radius 3 is 2.11 bits per heavy atom. The van der Waals surface area contributed by atoms with Crippen molar-refractivity contribution in [3.63, 3.8) is 0 Å². The molecule has 0 saturated heterocycles. The minimum Gasteiger partial charge on any atom is -0.312 e. The van der Waals surface area contributed by atoms with E-state index in [1.807, 2.05) is 30.3 Å². The lowest BCUT2D eigenvalue weighted by atomic mass is 10.0. The molecule has 182 valence electrons. The van der Waals surface area contributed by atoms with Crippen LogP contribution in [0.1, 0.15) is 71.6 Å². The number of aryl methyl sites for hydroxylation is 3. The van der Waals surface area contributed by atoms with E-state index in [4.69, 9.17) is 4.84 Å². The lowest BCUT2D eigenvalue weighted by Crippen LogP contribution is -2.17. The van der Waals surface area contributed by atoms with E-state index in [0.29, 0.717) is 17.5 Å². The van der Waals surface area contributed by atoms with Gasteiger partial charge in [-0.1, -0.05) is 91.1 Å². The van der Waals surface area contributed by atoms with E-state index in [1.165, 1.54) is 21.6 Å². The van der Waals surface area contributed by atoms with Gasteiger partial charge >= 0.3 is 5.97 Å². The van der Waals surface area contributed by atoms with E-state index in [-0.39, 0.29) is 11.5 Å². The average molecular weight is 488 g/mol. The molecule has 35 heavy (non-hydrogen) atoms.